The van der Waals surface area contributed by atoms with Gasteiger partial charge in [0.1, 0.15) is 11.5 Å². The van der Waals surface area contributed by atoms with Crippen LogP contribution in [0.3, 0.4) is 0 Å². The van der Waals surface area contributed by atoms with Gasteiger partial charge in [-0.15, -0.1) is 0 Å². The molecule has 1 aromatic carbocycles. The van der Waals surface area contributed by atoms with Crippen molar-refractivity contribution >= 4 is 17.3 Å². The molecule has 0 bridgehead atoms. The van der Waals surface area contributed by atoms with E-state index in [0.29, 0.717) is 11.4 Å². The van der Waals surface area contributed by atoms with E-state index in [1.807, 2.05) is 0 Å². The number of nitrogens with zero attached hydrogens (tertiary/aromatic N) is 1. The Morgan fingerprint density at radius 3 is 2.76 bits per heavy atom. The third-order valence-electron chi connectivity index (χ3n) is 2.43. The lowest BCUT2D eigenvalue weighted by Gasteiger charge is -2.07. The largest absolute Gasteiger partial charge is 0.396 e. The van der Waals surface area contributed by atoms with Crippen LogP contribution in [-0.2, 0) is 7.05 Å². The number of rotatable bonds is 2. The van der Waals surface area contributed by atoms with Gasteiger partial charge in [0.15, 0.2) is 0 Å². The molecule has 2 aromatic rings. The van der Waals surface area contributed by atoms with Gasteiger partial charge in [-0.2, -0.15) is 0 Å². The summed E-state index contributed by atoms with van der Waals surface area (Å²) < 4.78 is 14.6. The van der Waals surface area contributed by atoms with Gasteiger partial charge < -0.3 is 15.6 Å². The molecular formula is C12H12FN3O. The topological polar surface area (TPSA) is 60.0 Å². The van der Waals surface area contributed by atoms with Gasteiger partial charge in [-0.3, -0.25) is 4.79 Å². The predicted octanol–water partition coefficient (Wildman–Crippen LogP) is 2.00. The van der Waals surface area contributed by atoms with Gasteiger partial charge in [-0.25, -0.2) is 4.39 Å². The highest BCUT2D eigenvalue weighted by Gasteiger charge is 2.09. The summed E-state index contributed by atoms with van der Waals surface area (Å²) in [6.07, 6.45) is 1.77. The summed E-state index contributed by atoms with van der Waals surface area (Å²) in [7, 11) is 1.77. The molecule has 0 atom stereocenters. The molecule has 2 rings (SSSR count). The maximum absolute atomic E-state index is 12.9. The first-order valence-corrected chi connectivity index (χ1v) is 5.05. The van der Waals surface area contributed by atoms with Gasteiger partial charge in [-0.05, 0) is 30.3 Å². The Labute approximate surface area is 97.9 Å². The zero-order chi connectivity index (χ0) is 12.4. The second-order valence-electron chi connectivity index (χ2n) is 3.69. The van der Waals surface area contributed by atoms with Crippen LogP contribution in [0.25, 0.3) is 0 Å². The van der Waals surface area contributed by atoms with E-state index in [4.69, 9.17) is 5.73 Å². The van der Waals surface area contributed by atoms with E-state index in [2.05, 4.69) is 5.32 Å². The smallest absolute Gasteiger partial charge is 0.272 e. The number of anilines is 2. The van der Waals surface area contributed by atoms with E-state index in [1.54, 1.807) is 29.9 Å². The van der Waals surface area contributed by atoms with Gasteiger partial charge in [0, 0.05) is 18.9 Å². The van der Waals surface area contributed by atoms with Gasteiger partial charge >= 0.3 is 0 Å². The van der Waals surface area contributed by atoms with E-state index in [0.717, 1.165) is 0 Å². The van der Waals surface area contributed by atoms with Crippen molar-refractivity contribution in [1.29, 1.82) is 0 Å². The zero-order valence-electron chi connectivity index (χ0n) is 9.27. The lowest BCUT2D eigenvalue weighted by atomic mass is 10.2. The quantitative estimate of drug-likeness (QED) is 0.779. The van der Waals surface area contributed by atoms with Crippen LogP contribution in [0, 0.1) is 5.82 Å². The third-order valence-corrected chi connectivity index (χ3v) is 2.43. The number of nitrogen functional groups attached to an aromatic ring is 1. The molecule has 0 spiro atoms. The molecule has 1 aromatic heterocycles. The minimum absolute atomic E-state index is 0.00896. The molecule has 5 heteroatoms. The number of carbonyl (C=O) groups excluding carboxylic acids is 1. The van der Waals surface area contributed by atoms with E-state index in [9.17, 15) is 9.18 Å². The van der Waals surface area contributed by atoms with Crippen LogP contribution in [0.15, 0.2) is 36.5 Å². The fraction of sp³-hybridized carbons (Fsp3) is 0.0833. The highest BCUT2D eigenvalue weighted by molar-refractivity contribution is 6.03. The monoisotopic (exact) mass is 233 g/mol. The molecule has 1 amide bonds. The van der Waals surface area contributed by atoms with Crippen molar-refractivity contribution in [2.24, 2.45) is 7.05 Å². The SMILES string of the molecule is Cn1cccc1C(=O)Nc1ccc(F)c(N)c1. The maximum atomic E-state index is 12.9. The van der Waals surface area contributed by atoms with Crippen LogP contribution in [0.4, 0.5) is 15.8 Å². The van der Waals surface area contributed by atoms with Crippen molar-refractivity contribution in [2.75, 3.05) is 11.1 Å². The number of carbonyl (C=O) groups is 1. The Morgan fingerprint density at radius 2 is 2.18 bits per heavy atom. The second kappa shape index (κ2) is 4.29. The Kier molecular flexibility index (Phi) is 2.82. The summed E-state index contributed by atoms with van der Waals surface area (Å²) in [6, 6.07) is 7.54. The number of aryl methyl sites for hydroxylation is 1. The predicted molar refractivity (Wildman–Crippen MR) is 64.2 cm³/mol. The van der Waals surface area contributed by atoms with Gasteiger partial charge in [0.05, 0.1) is 5.69 Å². The third kappa shape index (κ3) is 2.28. The van der Waals surface area contributed by atoms with Crippen molar-refractivity contribution in [3.05, 3.63) is 48.0 Å². The first-order chi connectivity index (χ1) is 8.08. The standard InChI is InChI=1S/C12H12FN3O/c1-16-6-2-3-11(16)12(17)15-8-4-5-9(13)10(14)7-8/h2-7H,14H2,1H3,(H,15,17). The number of hydrogen-bond acceptors (Lipinski definition) is 2. The highest BCUT2D eigenvalue weighted by atomic mass is 19.1. The van der Waals surface area contributed by atoms with Crippen LogP contribution < -0.4 is 11.1 Å². The molecule has 0 saturated heterocycles. The number of hydrogen-bond donors (Lipinski definition) is 2. The maximum Gasteiger partial charge on any atom is 0.272 e. The van der Waals surface area contributed by atoms with Crippen LogP contribution in [0.2, 0.25) is 0 Å². The number of halogens is 1. The van der Waals surface area contributed by atoms with Crippen molar-refractivity contribution in [3.63, 3.8) is 0 Å². The molecule has 0 aliphatic heterocycles. The fourth-order valence-corrected chi connectivity index (χ4v) is 1.51. The lowest BCUT2D eigenvalue weighted by molar-refractivity contribution is 0.101. The molecule has 4 nitrogen and oxygen atoms in total. The average molecular weight is 233 g/mol. The Balaban J connectivity index is 2.19. The van der Waals surface area contributed by atoms with E-state index >= 15 is 0 Å². The summed E-state index contributed by atoms with van der Waals surface area (Å²) in [5.74, 6) is -0.759. The van der Waals surface area contributed by atoms with Gasteiger partial charge in [-0.1, -0.05) is 0 Å². The Bertz CT molecular complexity index is 563. The lowest BCUT2D eigenvalue weighted by Crippen LogP contribution is -2.15. The minimum Gasteiger partial charge on any atom is -0.396 e. The normalized spacial score (nSPS) is 10.2. The molecule has 0 fully saturated rings. The summed E-state index contributed by atoms with van der Waals surface area (Å²) >= 11 is 0. The molecule has 0 saturated carbocycles. The highest BCUT2D eigenvalue weighted by Crippen LogP contribution is 2.17. The van der Waals surface area contributed by atoms with E-state index < -0.39 is 5.82 Å². The Morgan fingerprint density at radius 1 is 1.41 bits per heavy atom. The van der Waals surface area contributed by atoms with Crippen LogP contribution in [0.5, 0.6) is 0 Å². The molecular weight excluding hydrogens is 221 g/mol. The molecule has 88 valence electrons. The van der Waals surface area contributed by atoms with E-state index in [-0.39, 0.29) is 11.6 Å². The van der Waals surface area contributed by atoms with Crippen molar-refractivity contribution in [2.45, 2.75) is 0 Å². The average Bonchev–Trinajstić information content (AvgIpc) is 2.70. The Hall–Kier alpha value is -2.30. The first kappa shape index (κ1) is 11.2. The summed E-state index contributed by atoms with van der Waals surface area (Å²) in [4.78, 5) is 11.8. The molecule has 3 N–H and O–H groups in total. The van der Waals surface area contributed by atoms with Crippen molar-refractivity contribution < 1.29 is 9.18 Å². The minimum atomic E-state index is -0.498. The van der Waals surface area contributed by atoms with Crippen LogP contribution in [-0.4, -0.2) is 10.5 Å². The number of amides is 1. The molecule has 17 heavy (non-hydrogen) atoms. The fourth-order valence-electron chi connectivity index (χ4n) is 1.51. The number of nitrogens with two attached hydrogens (primary N) is 1. The van der Waals surface area contributed by atoms with Gasteiger partial charge in [0.2, 0.25) is 0 Å². The van der Waals surface area contributed by atoms with Crippen LogP contribution in [0.1, 0.15) is 10.5 Å². The zero-order valence-corrected chi connectivity index (χ0v) is 9.27. The summed E-state index contributed by atoms with van der Waals surface area (Å²) in [5.41, 5.74) is 6.41. The first-order valence-electron chi connectivity index (χ1n) is 5.05. The number of benzene rings is 1. The second-order valence-corrected chi connectivity index (χ2v) is 3.69. The number of aromatic nitrogens is 1. The summed E-state index contributed by atoms with van der Waals surface area (Å²) in [5, 5.41) is 2.65. The van der Waals surface area contributed by atoms with Crippen LogP contribution >= 0.6 is 0 Å². The van der Waals surface area contributed by atoms with Crippen molar-refractivity contribution in [1.82, 2.24) is 4.57 Å². The van der Waals surface area contributed by atoms with Gasteiger partial charge in [0.25, 0.3) is 5.91 Å². The summed E-state index contributed by atoms with van der Waals surface area (Å²) in [6.45, 7) is 0. The van der Waals surface area contributed by atoms with Crippen molar-refractivity contribution in [3.8, 4) is 0 Å². The molecule has 1 heterocycles. The molecule has 0 unspecified atom stereocenters. The van der Waals surface area contributed by atoms with E-state index in [1.165, 1.54) is 18.2 Å². The molecule has 0 radical (unpaired) electrons. The number of nitrogens with one attached hydrogen (secondary N) is 1. The molecule has 0 aliphatic carbocycles. The molecule has 0 aliphatic rings.